The van der Waals surface area contributed by atoms with Gasteiger partial charge in [0.1, 0.15) is 5.82 Å². The van der Waals surface area contributed by atoms with Gasteiger partial charge in [-0.25, -0.2) is 4.39 Å². The van der Waals surface area contributed by atoms with Crippen LogP contribution in [0.15, 0.2) is 43.1 Å². The number of allylic oxidation sites excluding steroid dienone is 1. The second-order valence-corrected chi connectivity index (χ2v) is 4.84. The predicted octanol–water partition coefficient (Wildman–Crippen LogP) is 3.56. The number of aromatic nitrogens is 2. The van der Waals surface area contributed by atoms with E-state index in [4.69, 9.17) is 0 Å². The Balaban J connectivity index is 2.25. The molecular weight excluding hydrogens is 255 g/mol. The van der Waals surface area contributed by atoms with Crippen LogP contribution in [0, 0.1) is 5.82 Å². The van der Waals surface area contributed by atoms with Crippen LogP contribution >= 0.6 is 0 Å². The smallest absolute Gasteiger partial charge is 0.153 e. The van der Waals surface area contributed by atoms with Gasteiger partial charge < -0.3 is 0 Å². The molecule has 0 saturated carbocycles. The van der Waals surface area contributed by atoms with Crippen molar-refractivity contribution in [3.8, 4) is 0 Å². The summed E-state index contributed by atoms with van der Waals surface area (Å²) in [6, 6.07) is 6.37. The van der Waals surface area contributed by atoms with Crippen LogP contribution in [0.25, 0.3) is 0 Å². The van der Waals surface area contributed by atoms with Crippen molar-refractivity contribution in [2.75, 3.05) is 0 Å². The average molecular weight is 272 g/mol. The van der Waals surface area contributed by atoms with E-state index in [0.717, 1.165) is 24.0 Å². The number of hydrogen-bond donors (Lipinski definition) is 0. The van der Waals surface area contributed by atoms with Crippen LogP contribution in [-0.2, 0) is 6.54 Å². The predicted molar refractivity (Wildman–Crippen MR) is 76.3 cm³/mol. The third-order valence-corrected chi connectivity index (χ3v) is 3.17. The van der Waals surface area contributed by atoms with Crippen molar-refractivity contribution >= 4 is 6.29 Å². The van der Waals surface area contributed by atoms with Gasteiger partial charge in [-0.3, -0.25) is 9.48 Å². The van der Waals surface area contributed by atoms with E-state index in [2.05, 4.69) is 11.7 Å². The summed E-state index contributed by atoms with van der Waals surface area (Å²) in [5.74, 6) is -0.132. The number of benzene rings is 1. The Hall–Kier alpha value is -2.23. The highest BCUT2D eigenvalue weighted by Gasteiger charge is 2.14. The second-order valence-electron chi connectivity index (χ2n) is 4.84. The molecule has 4 heteroatoms. The van der Waals surface area contributed by atoms with Gasteiger partial charge in [0, 0.05) is 12.1 Å². The first-order valence-electron chi connectivity index (χ1n) is 6.52. The normalized spacial score (nSPS) is 12.1. The third kappa shape index (κ3) is 3.20. The van der Waals surface area contributed by atoms with Gasteiger partial charge in [-0.2, -0.15) is 5.10 Å². The topological polar surface area (TPSA) is 34.9 Å². The molecule has 0 radical (unpaired) electrons. The van der Waals surface area contributed by atoms with Crippen LogP contribution in [0.4, 0.5) is 4.39 Å². The Morgan fingerprint density at radius 2 is 2.30 bits per heavy atom. The molecule has 2 aromatic rings. The number of aldehydes is 1. The minimum Gasteiger partial charge on any atom is -0.298 e. The first-order valence-corrected chi connectivity index (χ1v) is 6.52. The van der Waals surface area contributed by atoms with Crippen LogP contribution in [0.5, 0.6) is 0 Å². The van der Waals surface area contributed by atoms with Crippen molar-refractivity contribution in [1.29, 1.82) is 0 Å². The molecule has 2 rings (SSSR count). The quantitative estimate of drug-likeness (QED) is 0.595. The van der Waals surface area contributed by atoms with E-state index in [1.54, 1.807) is 16.9 Å². The maximum atomic E-state index is 13.2. The standard InChI is InChI=1S/C16H17FN2O/c1-3-5-12(2)16-14(11-20)10-19(18-16)9-13-6-4-7-15(17)8-13/h3-4,6-8,10-12H,1,5,9H2,2H3. The van der Waals surface area contributed by atoms with Crippen LogP contribution in [0.2, 0.25) is 0 Å². The van der Waals surface area contributed by atoms with E-state index in [-0.39, 0.29) is 11.7 Å². The second kappa shape index (κ2) is 6.28. The van der Waals surface area contributed by atoms with Gasteiger partial charge in [-0.05, 0) is 24.1 Å². The minimum atomic E-state index is -0.273. The average Bonchev–Trinajstić information content (AvgIpc) is 2.82. The number of carbonyl (C=O) groups excluding carboxylic acids is 1. The molecule has 1 aromatic carbocycles. The number of rotatable bonds is 6. The van der Waals surface area contributed by atoms with Gasteiger partial charge in [-0.15, -0.1) is 6.58 Å². The van der Waals surface area contributed by atoms with Gasteiger partial charge in [0.25, 0.3) is 0 Å². The van der Waals surface area contributed by atoms with Crippen molar-refractivity contribution in [3.63, 3.8) is 0 Å². The number of hydrogen-bond acceptors (Lipinski definition) is 2. The number of nitrogens with zero attached hydrogens (tertiary/aromatic N) is 2. The summed E-state index contributed by atoms with van der Waals surface area (Å²) in [6.45, 7) is 6.15. The summed E-state index contributed by atoms with van der Waals surface area (Å²) in [6.07, 6.45) is 5.08. The molecule has 0 aliphatic rings. The lowest BCUT2D eigenvalue weighted by Crippen LogP contribution is -2.02. The van der Waals surface area contributed by atoms with Gasteiger partial charge in [0.15, 0.2) is 6.29 Å². The molecule has 1 atom stereocenters. The fourth-order valence-corrected chi connectivity index (χ4v) is 2.19. The molecule has 1 heterocycles. The maximum absolute atomic E-state index is 13.2. The van der Waals surface area contributed by atoms with Crippen molar-refractivity contribution < 1.29 is 9.18 Å². The van der Waals surface area contributed by atoms with Gasteiger partial charge in [-0.1, -0.05) is 25.1 Å². The summed E-state index contributed by atoms with van der Waals surface area (Å²) in [4.78, 5) is 11.1. The van der Waals surface area contributed by atoms with E-state index in [9.17, 15) is 9.18 Å². The third-order valence-electron chi connectivity index (χ3n) is 3.17. The van der Waals surface area contributed by atoms with Crippen molar-refractivity contribution in [3.05, 3.63) is 65.8 Å². The SMILES string of the molecule is C=CCC(C)c1nn(Cc2cccc(F)c2)cc1C=O. The Morgan fingerprint density at radius 1 is 1.50 bits per heavy atom. The number of halogens is 1. The molecule has 1 unspecified atom stereocenters. The van der Waals surface area contributed by atoms with Crippen LogP contribution in [0.1, 0.15) is 40.9 Å². The zero-order valence-corrected chi connectivity index (χ0v) is 11.4. The molecule has 0 N–H and O–H groups in total. The fourth-order valence-electron chi connectivity index (χ4n) is 2.19. The van der Waals surface area contributed by atoms with Crippen molar-refractivity contribution in [2.45, 2.75) is 25.8 Å². The molecule has 0 aliphatic carbocycles. The van der Waals surface area contributed by atoms with E-state index in [1.807, 2.05) is 19.1 Å². The van der Waals surface area contributed by atoms with Crippen LogP contribution < -0.4 is 0 Å². The van der Waals surface area contributed by atoms with Crippen LogP contribution in [-0.4, -0.2) is 16.1 Å². The first-order chi connectivity index (χ1) is 9.63. The molecule has 1 aromatic heterocycles. The van der Waals surface area contributed by atoms with E-state index < -0.39 is 0 Å². The highest BCUT2D eigenvalue weighted by atomic mass is 19.1. The Labute approximate surface area is 117 Å². The first kappa shape index (κ1) is 14.2. The molecular formula is C16H17FN2O. The molecule has 0 bridgehead atoms. The Morgan fingerprint density at radius 3 is 2.95 bits per heavy atom. The number of carbonyl (C=O) groups is 1. The molecule has 0 aliphatic heterocycles. The molecule has 20 heavy (non-hydrogen) atoms. The van der Waals surface area contributed by atoms with E-state index in [0.29, 0.717) is 12.1 Å². The van der Waals surface area contributed by atoms with E-state index in [1.165, 1.54) is 12.1 Å². The highest BCUT2D eigenvalue weighted by molar-refractivity contribution is 5.76. The summed E-state index contributed by atoms with van der Waals surface area (Å²) < 4.78 is 14.8. The van der Waals surface area contributed by atoms with Gasteiger partial charge in [0.05, 0.1) is 17.8 Å². The van der Waals surface area contributed by atoms with Gasteiger partial charge in [0.2, 0.25) is 0 Å². The summed E-state index contributed by atoms with van der Waals surface area (Å²) in [5, 5.41) is 4.44. The lowest BCUT2D eigenvalue weighted by atomic mass is 10.0. The Kier molecular flexibility index (Phi) is 4.45. The molecule has 0 amide bonds. The summed E-state index contributed by atoms with van der Waals surface area (Å²) in [5.41, 5.74) is 2.15. The zero-order valence-electron chi connectivity index (χ0n) is 11.4. The fraction of sp³-hybridized carbons (Fsp3) is 0.250. The summed E-state index contributed by atoms with van der Waals surface area (Å²) >= 11 is 0. The molecule has 3 nitrogen and oxygen atoms in total. The van der Waals surface area contributed by atoms with E-state index >= 15 is 0 Å². The molecule has 0 fully saturated rings. The molecule has 0 spiro atoms. The largest absolute Gasteiger partial charge is 0.298 e. The monoisotopic (exact) mass is 272 g/mol. The van der Waals surface area contributed by atoms with Gasteiger partial charge >= 0.3 is 0 Å². The van der Waals surface area contributed by atoms with Crippen molar-refractivity contribution in [2.24, 2.45) is 0 Å². The molecule has 0 saturated heterocycles. The highest BCUT2D eigenvalue weighted by Crippen LogP contribution is 2.21. The maximum Gasteiger partial charge on any atom is 0.153 e. The molecule has 104 valence electrons. The zero-order chi connectivity index (χ0) is 14.5. The minimum absolute atomic E-state index is 0.140. The van der Waals surface area contributed by atoms with Crippen molar-refractivity contribution in [1.82, 2.24) is 9.78 Å². The Bertz CT molecular complexity index is 619. The lowest BCUT2D eigenvalue weighted by molar-refractivity contribution is 0.112. The van der Waals surface area contributed by atoms with Crippen LogP contribution in [0.3, 0.4) is 0 Å². The lowest BCUT2D eigenvalue weighted by Gasteiger charge is -2.06. The summed E-state index contributed by atoms with van der Waals surface area (Å²) in [7, 11) is 0.